The standard InChI is InChI=1S/C21H23NO3/c1-14(2)17-9-5-7-16-13-22(11-10-18(16)17)20(23)12-15-6-3-4-8-19(15)21(24)25/h3-9,14H,10-13H2,1-2H3,(H,24,25). The Morgan fingerprint density at radius 2 is 1.88 bits per heavy atom. The van der Waals surface area contributed by atoms with Gasteiger partial charge in [-0.25, -0.2) is 4.79 Å². The average Bonchev–Trinajstić information content (AvgIpc) is 2.60. The number of carbonyl (C=O) groups is 2. The summed E-state index contributed by atoms with van der Waals surface area (Å²) in [6.07, 6.45) is 0.984. The van der Waals surface area contributed by atoms with E-state index in [0.29, 0.717) is 24.6 Å². The molecule has 0 radical (unpaired) electrons. The fourth-order valence-corrected chi connectivity index (χ4v) is 3.55. The zero-order chi connectivity index (χ0) is 18.0. The third-order valence-corrected chi connectivity index (χ3v) is 4.87. The van der Waals surface area contributed by atoms with Crippen molar-refractivity contribution in [1.82, 2.24) is 4.90 Å². The van der Waals surface area contributed by atoms with Crippen molar-refractivity contribution in [2.75, 3.05) is 6.54 Å². The lowest BCUT2D eigenvalue weighted by atomic mass is 9.89. The Kier molecular flexibility index (Phi) is 4.88. The van der Waals surface area contributed by atoms with E-state index in [2.05, 4.69) is 32.0 Å². The summed E-state index contributed by atoms with van der Waals surface area (Å²) in [7, 11) is 0. The van der Waals surface area contributed by atoms with Crippen LogP contribution in [0.5, 0.6) is 0 Å². The molecule has 25 heavy (non-hydrogen) atoms. The summed E-state index contributed by atoms with van der Waals surface area (Å²) < 4.78 is 0. The highest BCUT2D eigenvalue weighted by Gasteiger charge is 2.24. The van der Waals surface area contributed by atoms with E-state index >= 15 is 0 Å². The Morgan fingerprint density at radius 1 is 1.12 bits per heavy atom. The van der Waals surface area contributed by atoms with Crippen molar-refractivity contribution in [1.29, 1.82) is 0 Å². The molecule has 4 heteroatoms. The van der Waals surface area contributed by atoms with E-state index in [0.717, 1.165) is 6.42 Å². The fourth-order valence-electron chi connectivity index (χ4n) is 3.55. The highest BCUT2D eigenvalue weighted by Crippen LogP contribution is 2.28. The summed E-state index contributed by atoms with van der Waals surface area (Å²) in [6.45, 7) is 5.67. The van der Waals surface area contributed by atoms with E-state index in [1.165, 1.54) is 16.7 Å². The van der Waals surface area contributed by atoms with Crippen molar-refractivity contribution in [3.05, 3.63) is 70.3 Å². The lowest BCUT2D eigenvalue weighted by Gasteiger charge is -2.31. The minimum absolute atomic E-state index is 0.0192. The third-order valence-electron chi connectivity index (χ3n) is 4.87. The molecule has 2 aromatic carbocycles. The topological polar surface area (TPSA) is 57.6 Å². The van der Waals surface area contributed by atoms with Gasteiger partial charge in [-0.05, 0) is 40.7 Å². The predicted molar refractivity (Wildman–Crippen MR) is 96.8 cm³/mol. The fraction of sp³-hybridized carbons (Fsp3) is 0.333. The summed E-state index contributed by atoms with van der Waals surface area (Å²) in [5, 5.41) is 9.28. The van der Waals surface area contributed by atoms with Gasteiger partial charge >= 0.3 is 5.97 Å². The van der Waals surface area contributed by atoms with Gasteiger partial charge in [0.2, 0.25) is 5.91 Å². The lowest BCUT2D eigenvalue weighted by Crippen LogP contribution is -2.37. The third kappa shape index (κ3) is 3.58. The molecule has 0 atom stereocenters. The zero-order valence-electron chi connectivity index (χ0n) is 14.7. The summed E-state index contributed by atoms with van der Waals surface area (Å²) in [6, 6.07) is 13.0. The molecule has 0 aliphatic carbocycles. The number of hydrogen-bond donors (Lipinski definition) is 1. The maximum Gasteiger partial charge on any atom is 0.335 e. The molecule has 130 valence electrons. The number of carboxylic acid groups (broad SMARTS) is 1. The molecule has 0 bridgehead atoms. The van der Waals surface area contributed by atoms with E-state index in [1.54, 1.807) is 24.3 Å². The van der Waals surface area contributed by atoms with Crippen LogP contribution in [0, 0.1) is 0 Å². The number of fused-ring (bicyclic) bond motifs is 1. The van der Waals surface area contributed by atoms with E-state index in [-0.39, 0.29) is 17.9 Å². The van der Waals surface area contributed by atoms with Crippen LogP contribution in [0.15, 0.2) is 42.5 Å². The molecule has 0 unspecified atom stereocenters. The van der Waals surface area contributed by atoms with Gasteiger partial charge in [0.05, 0.1) is 12.0 Å². The summed E-state index contributed by atoms with van der Waals surface area (Å²) >= 11 is 0. The monoisotopic (exact) mass is 337 g/mol. The molecule has 1 heterocycles. The summed E-state index contributed by atoms with van der Waals surface area (Å²) in [4.78, 5) is 25.9. The molecule has 2 aromatic rings. The van der Waals surface area contributed by atoms with Crippen LogP contribution in [-0.2, 0) is 24.2 Å². The van der Waals surface area contributed by atoms with Gasteiger partial charge in [-0.2, -0.15) is 0 Å². The van der Waals surface area contributed by atoms with E-state index < -0.39 is 5.97 Å². The second kappa shape index (κ2) is 7.09. The van der Waals surface area contributed by atoms with Crippen molar-refractivity contribution < 1.29 is 14.7 Å². The molecular weight excluding hydrogens is 314 g/mol. The number of carboxylic acids is 1. The van der Waals surface area contributed by atoms with E-state index in [9.17, 15) is 14.7 Å². The Hall–Kier alpha value is -2.62. The maximum atomic E-state index is 12.7. The largest absolute Gasteiger partial charge is 0.478 e. The lowest BCUT2D eigenvalue weighted by molar-refractivity contribution is -0.131. The number of rotatable bonds is 4. The first-order valence-corrected chi connectivity index (χ1v) is 8.67. The summed E-state index contributed by atoms with van der Waals surface area (Å²) in [5.41, 5.74) is 4.71. The van der Waals surface area contributed by atoms with Crippen LogP contribution >= 0.6 is 0 Å². The van der Waals surface area contributed by atoms with Gasteiger partial charge in [0, 0.05) is 13.1 Å². The number of hydrogen-bond acceptors (Lipinski definition) is 2. The minimum atomic E-state index is -0.992. The van der Waals surface area contributed by atoms with Crippen molar-refractivity contribution >= 4 is 11.9 Å². The average molecular weight is 337 g/mol. The van der Waals surface area contributed by atoms with E-state index in [1.807, 2.05) is 4.90 Å². The van der Waals surface area contributed by atoms with Gasteiger partial charge in [-0.3, -0.25) is 4.79 Å². The first kappa shape index (κ1) is 17.2. The molecule has 1 amide bonds. The highest BCUT2D eigenvalue weighted by molar-refractivity contribution is 5.91. The molecule has 0 aromatic heterocycles. The van der Waals surface area contributed by atoms with Crippen molar-refractivity contribution in [2.24, 2.45) is 0 Å². The van der Waals surface area contributed by atoms with Gasteiger partial charge in [0.1, 0.15) is 0 Å². The van der Waals surface area contributed by atoms with Crippen LogP contribution in [-0.4, -0.2) is 28.4 Å². The second-order valence-electron chi connectivity index (χ2n) is 6.84. The molecule has 1 aliphatic heterocycles. The quantitative estimate of drug-likeness (QED) is 0.927. The molecule has 0 spiro atoms. The first-order chi connectivity index (χ1) is 12.0. The van der Waals surface area contributed by atoms with Crippen molar-refractivity contribution in [3.8, 4) is 0 Å². The predicted octanol–water partition coefficient (Wildman–Crippen LogP) is 3.64. The van der Waals surface area contributed by atoms with Crippen molar-refractivity contribution in [2.45, 2.75) is 39.2 Å². The molecular formula is C21H23NO3. The van der Waals surface area contributed by atoms with Gasteiger partial charge in [0.15, 0.2) is 0 Å². The smallest absolute Gasteiger partial charge is 0.335 e. The van der Waals surface area contributed by atoms with Gasteiger partial charge in [-0.1, -0.05) is 50.2 Å². The van der Waals surface area contributed by atoms with Gasteiger partial charge in [0.25, 0.3) is 0 Å². The molecule has 0 saturated heterocycles. The molecule has 0 fully saturated rings. The van der Waals surface area contributed by atoms with Crippen LogP contribution < -0.4 is 0 Å². The van der Waals surface area contributed by atoms with Crippen LogP contribution in [0.1, 0.15) is 52.4 Å². The number of amides is 1. The highest BCUT2D eigenvalue weighted by atomic mass is 16.4. The first-order valence-electron chi connectivity index (χ1n) is 8.67. The van der Waals surface area contributed by atoms with Crippen LogP contribution in [0.2, 0.25) is 0 Å². The van der Waals surface area contributed by atoms with E-state index in [4.69, 9.17) is 0 Å². The summed E-state index contributed by atoms with van der Waals surface area (Å²) in [5.74, 6) is -0.539. The SMILES string of the molecule is CC(C)c1cccc2c1CCN(C(=O)Cc1ccccc1C(=O)O)C2. The van der Waals surface area contributed by atoms with Gasteiger partial charge < -0.3 is 10.0 Å². The Labute approximate surface area is 148 Å². The molecule has 4 nitrogen and oxygen atoms in total. The Balaban J connectivity index is 1.78. The minimum Gasteiger partial charge on any atom is -0.478 e. The molecule has 1 N–H and O–H groups in total. The Bertz CT molecular complexity index is 811. The number of carbonyl (C=O) groups excluding carboxylic acids is 1. The van der Waals surface area contributed by atoms with Crippen LogP contribution in [0.3, 0.4) is 0 Å². The maximum absolute atomic E-state index is 12.7. The normalized spacial score (nSPS) is 13.6. The molecule has 0 saturated carbocycles. The van der Waals surface area contributed by atoms with Crippen molar-refractivity contribution in [3.63, 3.8) is 0 Å². The van der Waals surface area contributed by atoms with Crippen LogP contribution in [0.4, 0.5) is 0 Å². The zero-order valence-corrected chi connectivity index (χ0v) is 14.7. The van der Waals surface area contributed by atoms with Crippen LogP contribution in [0.25, 0.3) is 0 Å². The molecule has 1 aliphatic rings. The Morgan fingerprint density at radius 3 is 2.60 bits per heavy atom. The number of nitrogens with zero attached hydrogens (tertiary/aromatic N) is 1. The second-order valence-corrected chi connectivity index (χ2v) is 6.84. The van der Waals surface area contributed by atoms with Gasteiger partial charge in [-0.15, -0.1) is 0 Å². The number of benzene rings is 2. The number of aromatic carboxylic acids is 1. The molecule has 3 rings (SSSR count).